The molecule has 0 unspecified atom stereocenters. The summed E-state index contributed by atoms with van der Waals surface area (Å²) in [6.07, 6.45) is -4.66. The van der Waals surface area contributed by atoms with Crippen molar-refractivity contribution >= 4 is 50.2 Å². The molecule has 0 aliphatic carbocycles. The predicted molar refractivity (Wildman–Crippen MR) is 95.6 cm³/mol. The van der Waals surface area contributed by atoms with E-state index in [1.807, 2.05) is 0 Å². The van der Waals surface area contributed by atoms with Gasteiger partial charge in [-0.05, 0) is 24.3 Å². The molecular weight excluding hydrogens is 429 g/mol. The summed E-state index contributed by atoms with van der Waals surface area (Å²) in [7, 11) is -4.15. The number of para-hydroxylation sites is 1. The maximum Gasteiger partial charge on any atom is 0.417 e. The second kappa shape index (κ2) is 7.13. The number of anilines is 1. The van der Waals surface area contributed by atoms with Gasteiger partial charge in [0.1, 0.15) is 0 Å². The van der Waals surface area contributed by atoms with Gasteiger partial charge in [-0.2, -0.15) is 13.2 Å². The van der Waals surface area contributed by atoms with E-state index >= 15 is 0 Å². The number of nitrogens with one attached hydrogen (secondary N) is 2. The number of H-pyrrole nitrogens is 1. The van der Waals surface area contributed by atoms with Crippen molar-refractivity contribution in [2.45, 2.75) is 20.7 Å². The number of aromatic amines is 1. The molecule has 3 aromatic rings. The average Bonchev–Trinajstić information content (AvgIpc) is 2.94. The Morgan fingerprint density at radius 3 is 2.59 bits per heavy atom. The van der Waals surface area contributed by atoms with E-state index in [1.165, 1.54) is 36.4 Å². The number of hydrogen-bond donors (Lipinski definition) is 2. The van der Waals surface area contributed by atoms with Crippen molar-refractivity contribution in [3.63, 3.8) is 0 Å². The minimum atomic E-state index is -4.66. The van der Waals surface area contributed by atoms with E-state index in [9.17, 15) is 26.4 Å². The molecule has 12 heteroatoms. The summed E-state index contributed by atoms with van der Waals surface area (Å²) in [5.74, 6) is -0.741. The Morgan fingerprint density at radius 2 is 1.89 bits per heavy atom. The Kier molecular flexibility index (Phi) is 5.19. The molecule has 0 spiro atoms. The van der Waals surface area contributed by atoms with Gasteiger partial charge in [0, 0.05) is 11.0 Å². The molecule has 3 rings (SSSR count). The Balaban J connectivity index is 1.92. The van der Waals surface area contributed by atoms with Crippen LogP contribution in [0.25, 0.3) is 11.1 Å². The molecule has 0 saturated carbocycles. The van der Waals surface area contributed by atoms with Crippen LogP contribution in [-0.2, 0) is 10.0 Å². The third kappa shape index (κ3) is 4.42. The highest BCUT2D eigenvalue weighted by molar-refractivity contribution is 8.01. The Morgan fingerprint density at radius 1 is 1.19 bits per heavy atom. The average molecular weight is 439 g/mol. The van der Waals surface area contributed by atoms with Crippen molar-refractivity contribution < 1.29 is 26.0 Å². The zero-order valence-electron chi connectivity index (χ0n) is 13.1. The SMILES string of the molecule is O=c1[nH]c2ccc(S(=O)(=O)Nc3ccccc3S[C@H](Cl)C(F)(F)F)cc2o1. The topological polar surface area (TPSA) is 92.2 Å². The van der Waals surface area contributed by atoms with E-state index < -0.39 is 26.7 Å². The van der Waals surface area contributed by atoms with Gasteiger partial charge in [-0.15, -0.1) is 11.6 Å². The van der Waals surface area contributed by atoms with Gasteiger partial charge in [0.2, 0.25) is 0 Å². The molecule has 144 valence electrons. The molecule has 0 bridgehead atoms. The molecule has 0 aliphatic rings. The van der Waals surface area contributed by atoms with Gasteiger partial charge in [-0.25, -0.2) is 13.2 Å². The number of fused-ring (bicyclic) bond motifs is 1. The molecule has 1 aromatic heterocycles. The zero-order valence-corrected chi connectivity index (χ0v) is 15.5. The van der Waals surface area contributed by atoms with Crippen LogP contribution in [0.5, 0.6) is 0 Å². The Bertz CT molecular complexity index is 1140. The summed E-state index contributed by atoms with van der Waals surface area (Å²) in [6, 6.07) is 9.26. The predicted octanol–water partition coefficient (Wildman–Crippen LogP) is 4.14. The molecule has 2 N–H and O–H groups in total. The lowest BCUT2D eigenvalue weighted by atomic mass is 10.3. The van der Waals surface area contributed by atoms with Gasteiger partial charge in [-0.1, -0.05) is 23.9 Å². The summed E-state index contributed by atoms with van der Waals surface area (Å²) < 4.78 is 68.0. The Hall–Kier alpha value is -2.11. The van der Waals surface area contributed by atoms with E-state index in [0.29, 0.717) is 5.52 Å². The van der Waals surface area contributed by atoms with Gasteiger partial charge in [-0.3, -0.25) is 9.71 Å². The molecule has 0 amide bonds. The van der Waals surface area contributed by atoms with Gasteiger partial charge < -0.3 is 4.42 Å². The summed E-state index contributed by atoms with van der Waals surface area (Å²) in [5.41, 5.74) is 0.279. The van der Waals surface area contributed by atoms with Crippen LogP contribution >= 0.6 is 23.4 Å². The van der Waals surface area contributed by atoms with Crippen molar-refractivity contribution in [2.24, 2.45) is 0 Å². The van der Waals surface area contributed by atoms with Crippen LogP contribution in [0.4, 0.5) is 18.9 Å². The lowest BCUT2D eigenvalue weighted by molar-refractivity contribution is -0.113. The quantitative estimate of drug-likeness (QED) is 0.461. The van der Waals surface area contributed by atoms with Crippen LogP contribution in [-0.4, -0.2) is 24.3 Å². The molecule has 27 heavy (non-hydrogen) atoms. The van der Waals surface area contributed by atoms with Gasteiger partial charge in [0.05, 0.1) is 16.1 Å². The first-order valence-corrected chi connectivity index (χ1v) is 9.98. The fraction of sp³-hybridized carbons (Fsp3) is 0.133. The highest BCUT2D eigenvalue weighted by atomic mass is 35.5. The number of rotatable bonds is 5. The second-order valence-electron chi connectivity index (χ2n) is 5.25. The molecule has 0 saturated heterocycles. The van der Waals surface area contributed by atoms with Gasteiger partial charge >= 0.3 is 11.9 Å². The van der Waals surface area contributed by atoms with Crippen molar-refractivity contribution in [1.82, 2.24) is 4.98 Å². The van der Waals surface area contributed by atoms with E-state index in [-0.39, 0.29) is 32.8 Å². The van der Waals surface area contributed by atoms with E-state index in [1.54, 1.807) is 0 Å². The fourth-order valence-electron chi connectivity index (χ4n) is 2.13. The largest absolute Gasteiger partial charge is 0.417 e. The number of halogens is 4. The van der Waals surface area contributed by atoms with Crippen molar-refractivity contribution in [1.29, 1.82) is 0 Å². The van der Waals surface area contributed by atoms with E-state index in [4.69, 9.17) is 16.0 Å². The van der Waals surface area contributed by atoms with Crippen molar-refractivity contribution in [3.05, 3.63) is 53.0 Å². The minimum Gasteiger partial charge on any atom is -0.408 e. The number of aromatic nitrogens is 1. The molecule has 0 radical (unpaired) electrons. The van der Waals surface area contributed by atoms with Crippen molar-refractivity contribution in [2.75, 3.05) is 4.72 Å². The molecule has 6 nitrogen and oxygen atoms in total. The van der Waals surface area contributed by atoms with Crippen molar-refractivity contribution in [3.8, 4) is 0 Å². The number of hydrogen-bond acceptors (Lipinski definition) is 5. The number of alkyl halides is 4. The molecule has 1 heterocycles. The maximum atomic E-state index is 12.7. The van der Waals surface area contributed by atoms with E-state index in [2.05, 4.69) is 9.71 Å². The summed E-state index contributed by atoms with van der Waals surface area (Å²) in [6.45, 7) is 0. The first kappa shape index (κ1) is 19.6. The van der Waals surface area contributed by atoms with Gasteiger partial charge in [0.25, 0.3) is 10.0 Å². The maximum absolute atomic E-state index is 12.7. The normalized spacial score (nSPS) is 13.6. The minimum absolute atomic E-state index is 0.00709. The number of thioether (sulfide) groups is 1. The van der Waals surface area contributed by atoms with Crippen LogP contribution < -0.4 is 10.5 Å². The molecule has 0 fully saturated rings. The first-order valence-electron chi connectivity index (χ1n) is 7.18. The third-order valence-corrected chi connectivity index (χ3v) is 6.28. The monoisotopic (exact) mass is 438 g/mol. The standard InChI is InChI=1S/C15H10ClF3N2O4S2/c16-13(15(17,18)19)26-12-4-2-1-3-10(12)21-27(23,24)8-5-6-9-11(7-8)25-14(22)20-9/h1-7,13,21H,(H,20,22)/t13-/m0/s1. The number of oxazole rings is 1. The third-order valence-electron chi connectivity index (χ3n) is 3.32. The number of benzene rings is 2. The highest BCUT2D eigenvalue weighted by Gasteiger charge is 2.39. The Labute approximate surface area is 159 Å². The van der Waals surface area contributed by atoms with Gasteiger partial charge in [0.15, 0.2) is 10.3 Å². The van der Waals surface area contributed by atoms with Crippen LogP contribution in [0.15, 0.2) is 61.5 Å². The lowest BCUT2D eigenvalue weighted by Crippen LogP contribution is -2.20. The molecule has 2 aromatic carbocycles. The summed E-state index contributed by atoms with van der Waals surface area (Å²) in [4.78, 5) is 13.3. The van der Waals surface area contributed by atoms with E-state index in [0.717, 1.165) is 6.07 Å². The van der Waals surface area contributed by atoms with Crippen LogP contribution in [0.1, 0.15) is 0 Å². The lowest BCUT2D eigenvalue weighted by Gasteiger charge is -2.16. The second-order valence-corrected chi connectivity index (χ2v) is 8.77. The molecule has 0 aliphatic heterocycles. The number of sulfonamides is 1. The summed E-state index contributed by atoms with van der Waals surface area (Å²) >= 11 is 5.60. The van der Waals surface area contributed by atoms with Crippen LogP contribution in [0.2, 0.25) is 0 Å². The van der Waals surface area contributed by atoms with Crippen LogP contribution in [0.3, 0.4) is 0 Å². The highest BCUT2D eigenvalue weighted by Crippen LogP contribution is 2.40. The summed E-state index contributed by atoms with van der Waals surface area (Å²) in [5, 5.41) is 0. The first-order chi connectivity index (χ1) is 12.6. The molecule has 1 atom stereocenters. The molecular formula is C15H10ClF3N2O4S2. The smallest absolute Gasteiger partial charge is 0.408 e. The fourth-order valence-corrected chi connectivity index (χ4v) is 4.34. The van der Waals surface area contributed by atoms with Crippen LogP contribution in [0, 0.1) is 0 Å². The zero-order chi connectivity index (χ0) is 19.8.